The van der Waals surface area contributed by atoms with Gasteiger partial charge in [-0.3, -0.25) is 9.59 Å². The smallest absolute Gasteiger partial charge is 0.243 e. The summed E-state index contributed by atoms with van der Waals surface area (Å²) in [6, 6.07) is 3.75. The second kappa shape index (κ2) is 10.5. The minimum Gasteiger partial charge on any atom is -0.326 e. The van der Waals surface area contributed by atoms with Gasteiger partial charge in [0, 0.05) is 23.6 Å². The molecule has 0 fully saturated rings. The van der Waals surface area contributed by atoms with Gasteiger partial charge in [0.15, 0.2) is 5.13 Å². The van der Waals surface area contributed by atoms with E-state index in [1.807, 2.05) is 6.26 Å². The van der Waals surface area contributed by atoms with E-state index >= 15 is 0 Å². The Balaban J connectivity index is 0.00000338. The highest BCUT2D eigenvalue weighted by Crippen LogP contribution is 2.28. The topological polar surface area (TPSA) is 97.1 Å². The molecule has 2 rings (SSSR count). The SMILES string of the molecule is CSCC[C@H](N)C(=O)Nc1nc(-c2ccc(NC(C)=O)cc2F)cs1.Cl. The average molecular weight is 419 g/mol. The molecule has 1 heterocycles. The minimum absolute atomic E-state index is 0. The summed E-state index contributed by atoms with van der Waals surface area (Å²) in [6.07, 6.45) is 2.52. The lowest BCUT2D eigenvalue weighted by molar-refractivity contribution is -0.117. The third kappa shape index (κ3) is 6.24. The number of nitrogens with zero attached hydrogens (tertiary/aromatic N) is 1. The zero-order valence-corrected chi connectivity index (χ0v) is 16.7. The summed E-state index contributed by atoms with van der Waals surface area (Å²) >= 11 is 2.82. The van der Waals surface area contributed by atoms with Gasteiger partial charge in [-0.2, -0.15) is 11.8 Å². The standard InChI is InChI=1S/C16H19FN4O2S2.ClH/c1-9(22)19-10-3-4-11(12(17)7-10)14-8-25-16(20-14)21-15(23)13(18)5-6-24-2;/h3-4,7-8,13H,5-6,18H2,1-2H3,(H,19,22)(H,20,21,23);1H/t13-;/m0./s1. The Morgan fingerprint density at radius 2 is 2.12 bits per heavy atom. The average Bonchev–Trinajstić information content (AvgIpc) is 3.00. The first kappa shape index (κ1) is 22.4. The van der Waals surface area contributed by atoms with E-state index < -0.39 is 11.9 Å². The highest BCUT2D eigenvalue weighted by atomic mass is 35.5. The van der Waals surface area contributed by atoms with Gasteiger partial charge in [-0.1, -0.05) is 0 Å². The lowest BCUT2D eigenvalue weighted by atomic mass is 10.1. The van der Waals surface area contributed by atoms with Crippen molar-refractivity contribution >= 4 is 58.1 Å². The maximum atomic E-state index is 14.2. The van der Waals surface area contributed by atoms with Crippen LogP contribution >= 0.6 is 35.5 Å². The summed E-state index contributed by atoms with van der Waals surface area (Å²) in [5.41, 5.74) is 6.88. The predicted octanol–water partition coefficient (Wildman–Crippen LogP) is 3.35. The molecule has 0 unspecified atom stereocenters. The molecule has 2 amide bonds. The number of thioether (sulfide) groups is 1. The van der Waals surface area contributed by atoms with E-state index in [0.29, 0.717) is 22.9 Å². The molecule has 0 radical (unpaired) electrons. The molecule has 4 N–H and O–H groups in total. The number of nitrogens with one attached hydrogen (secondary N) is 2. The molecule has 0 saturated heterocycles. The van der Waals surface area contributed by atoms with E-state index in [-0.39, 0.29) is 29.8 Å². The maximum absolute atomic E-state index is 14.2. The number of hydrogen-bond acceptors (Lipinski definition) is 6. The van der Waals surface area contributed by atoms with Crippen LogP contribution in [0.15, 0.2) is 23.6 Å². The Kier molecular flexibility index (Phi) is 9.00. The molecule has 1 atom stereocenters. The van der Waals surface area contributed by atoms with Gasteiger partial charge in [0.2, 0.25) is 11.8 Å². The van der Waals surface area contributed by atoms with Crippen LogP contribution in [-0.2, 0) is 9.59 Å². The molecule has 0 bridgehead atoms. The number of aromatic nitrogens is 1. The first-order valence-electron chi connectivity index (χ1n) is 7.49. The van der Waals surface area contributed by atoms with Crippen LogP contribution in [0.25, 0.3) is 11.3 Å². The van der Waals surface area contributed by atoms with E-state index in [1.165, 1.54) is 30.4 Å². The number of anilines is 2. The third-order valence-corrected chi connectivity index (χ3v) is 4.67. The van der Waals surface area contributed by atoms with Crippen molar-refractivity contribution in [3.8, 4) is 11.3 Å². The zero-order valence-electron chi connectivity index (χ0n) is 14.2. The molecule has 0 aliphatic rings. The Bertz CT molecular complexity index is 772. The van der Waals surface area contributed by atoms with Crippen LogP contribution in [0.3, 0.4) is 0 Å². The number of benzene rings is 1. The van der Waals surface area contributed by atoms with E-state index in [2.05, 4.69) is 15.6 Å². The minimum atomic E-state index is -0.603. The molecule has 1 aromatic heterocycles. The summed E-state index contributed by atoms with van der Waals surface area (Å²) < 4.78 is 14.2. The lowest BCUT2D eigenvalue weighted by Gasteiger charge is -2.09. The van der Waals surface area contributed by atoms with Gasteiger partial charge < -0.3 is 16.4 Å². The molecule has 0 spiro atoms. The zero-order chi connectivity index (χ0) is 18.4. The molecule has 0 aliphatic carbocycles. The first-order valence-corrected chi connectivity index (χ1v) is 9.76. The monoisotopic (exact) mass is 418 g/mol. The van der Waals surface area contributed by atoms with Crippen molar-refractivity contribution in [2.45, 2.75) is 19.4 Å². The normalized spacial score (nSPS) is 11.4. The van der Waals surface area contributed by atoms with Gasteiger partial charge in [0.05, 0.1) is 11.7 Å². The van der Waals surface area contributed by atoms with Gasteiger partial charge in [0.25, 0.3) is 0 Å². The van der Waals surface area contributed by atoms with Crippen molar-refractivity contribution in [2.75, 3.05) is 22.6 Å². The molecular weight excluding hydrogens is 399 g/mol. The van der Waals surface area contributed by atoms with Gasteiger partial charge in [0.1, 0.15) is 5.82 Å². The number of hydrogen-bond donors (Lipinski definition) is 3. The second-order valence-electron chi connectivity index (χ2n) is 5.29. The fraction of sp³-hybridized carbons (Fsp3) is 0.312. The van der Waals surface area contributed by atoms with Crippen molar-refractivity contribution in [3.05, 3.63) is 29.4 Å². The highest BCUT2D eigenvalue weighted by Gasteiger charge is 2.16. The largest absolute Gasteiger partial charge is 0.326 e. The van der Waals surface area contributed by atoms with Gasteiger partial charge in [-0.05, 0) is 36.6 Å². The van der Waals surface area contributed by atoms with Crippen LogP contribution < -0.4 is 16.4 Å². The summed E-state index contributed by atoms with van der Waals surface area (Å²) in [5, 5.41) is 7.19. The molecule has 2 aromatic rings. The number of carbonyl (C=O) groups excluding carboxylic acids is 2. The molecule has 10 heteroatoms. The van der Waals surface area contributed by atoms with Crippen molar-refractivity contribution in [1.29, 1.82) is 0 Å². The van der Waals surface area contributed by atoms with E-state index in [9.17, 15) is 14.0 Å². The number of halogens is 2. The molecule has 142 valence electrons. The number of thiazole rings is 1. The van der Waals surface area contributed by atoms with Crippen molar-refractivity contribution in [1.82, 2.24) is 4.98 Å². The Hall–Kier alpha value is -1.68. The van der Waals surface area contributed by atoms with E-state index in [1.54, 1.807) is 23.2 Å². The Morgan fingerprint density at radius 3 is 2.73 bits per heavy atom. The third-order valence-electron chi connectivity index (χ3n) is 3.27. The van der Waals surface area contributed by atoms with Crippen molar-refractivity contribution in [3.63, 3.8) is 0 Å². The number of nitrogens with two attached hydrogens (primary N) is 1. The second-order valence-corrected chi connectivity index (χ2v) is 7.13. The number of carbonyl (C=O) groups is 2. The molecule has 1 aromatic carbocycles. The summed E-state index contributed by atoms with van der Waals surface area (Å²) in [5.74, 6) is -0.296. The number of rotatable bonds is 7. The quantitative estimate of drug-likeness (QED) is 0.640. The van der Waals surface area contributed by atoms with Crippen molar-refractivity contribution < 1.29 is 14.0 Å². The molecule has 0 saturated carbocycles. The summed E-state index contributed by atoms with van der Waals surface area (Å²) in [6.45, 7) is 1.35. The van der Waals surface area contributed by atoms with E-state index in [4.69, 9.17) is 5.73 Å². The number of amides is 2. The molecule has 6 nitrogen and oxygen atoms in total. The van der Waals surface area contributed by atoms with E-state index in [0.717, 1.165) is 5.75 Å². The maximum Gasteiger partial charge on any atom is 0.243 e. The predicted molar refractivity (Wildman–Crippen MR) is 109 cm³/mol. The summed E-state index contributed by atoms with van der Waals surface area (Å²) in [7, 11) is 0. The Morgan fingerprint density at radius 1 is 1.38 bits per heavy atom. The van der Waals surface area contributed by atoms with Crippen molar-refractivity contribution in [2.24, 2.45) is 5.73 Å². The van der Waals surface area contributed by atoms with Gasteiger partial charge in [-0.25, -0.2) is 9.37 Å². The lowest BCUT2D eigenvalue weighted by Crippen LogP contribution is -2.36. The van der Waals surface area contributed by atoms with Crippen LogP contribution in [0, 0.1) is 5.82 Å². The fourth-order valence-electron chi connectivity index (χ4n) is 2.03. The molecule has 0 aliphatic heterocycles. The van der Waals surface area contributed by atoms with Crippen LogP contribution in [0.5, 0.6) is 0 Å². The van der Waals surface area contributed by atoms with Gasteiger partial charge >= 0.3 is 0 Å². The Labute approximate surface area is 165 Å². The molecular formula is C16H20ClFN4O2S2. The summed E-state index contributed by atoms with van der Waals surface area (Å²) in [4.78, 5) is 27.2. The first-order chi connectivity index (χ1) is 11.9. The van der Waals surface area contributed by atoms with Crippen LogP contribution in [-0.4, -0.2) is 34.8 Å². The van der Waals surface area contributed by atoms with Crippen LogP contribution in [0.1, 0.15) is 13.3 Å². The molecule has 26 heavy (non-hydrogen) atoms. The van der Waals surface area contributed by atoms with Crippen LogP contribution in [0.2, 0.25) is 0 Å². The van der Waals surface area contributed by atoms with Crippen LogP contribution in [0.4, 0.5) is 15.2 Å². The van der Waals surface area contributed by atoms with Gasteiger partial charge in [-0.15, -0.1) is 23.7 Å². The highest BCUT2D eigenvalue weighted by molar-refractivity contribution is 7.98. The fourth-order valence-corrected chi connectivity index (χ4v) is 3.24.